The van der Waals surface area contributed by atoms with E-state index in [0.717, 1.165) is 49.2 Å². The summed E-state index contributed by atoms with van der Waals surface area (Å²) in [6.45, 7) is 12.3. The quantitative estimate of drug-likeness (QED) is 0.191. The number of rotatable bonds is 2. The van der Waals surface area contributed by atoms with Gasteiger partial charge in [0, 0.05) is 24.4 Å². The van der Waals surface area contributed by atoms with Gasteiger partial charge in [0.2, 0.25) is 11.0 Å². The average Bonchev–Trinajstić information content (AvgIpc) is 3.08. The van der Waals surface area contributed by atoms with E-state index < -0.39 is 26.4 Å². The molecule has 0 saturated carbocycles. The first kappa shape index (κ1) is 14.8. The lowest BCUT2D eigenvalue weighted by Gasteiger charge is -2.43. The Morgan fingerprint density at radius 2 is 1.77 bits per heavy atom. The summed E-state index contributed by atoms with van der Waals surface area (Å²) in [6, 6.07) is 9.89. The highest BCUT2D eigenvalue weighted by atomic mass is 28.3. The summed E-state index contributed by atoms with van der Waals surface area (Å²) < 4.78 is 56.5. The highest BCUT2D eigenvalue weighted by molar-refractivity contribution is 6.94. The highest BCUT2D eigenvalue weighted by Gasteiger charge is 2.52. The van der Waals surface area contributed by atoms with Gasteiger partial charge in [-0.25, -0.2) is 0 Å². The van der Waals surface area contributed by atoms with Crippen LogP contribution >= 0.6 is 0 Å². The molecule has 1 aliphatic rings. The summed E-state index contributed by atoms with van der Waals surface area (Å²) in [6.07, 6.45) is 0. The number of nitrogens with zero attached hydrogens (tertiary/aromatic N) is 2. The highest BCUT2D eigenvalue weighted by Crippen LogP contribution is 2.46. The van der Waals surface area contributed by atoms with Gasteiger partial charge in [0.05, 0.1) is 22.5 Å². The Morgan fingerprint density at radius 1 is 1.03 bits per heavy atom. The molecule has 4 aromatic rings. The molecule has 162 valence electrons. The number of fused-ring (bicyclic) bond motifs is 3. The largest absolute Gasteiger partial charge is 0.247 e. The maximum absolute atomic E-state index is 8.89. The second-order valence-corrected chi connectivity index (χ2v) is 14.6. The zero-order valence-corrected chi connectivity index (χ0v) is 20.9. The van der Waals surface area contributed by atoms with Crippen LogP contribution in [-0.2, 0) is 5.04 Å². The Morgan fingerprint density at radius 3 is 2.39 bits per heavy atom. The molecule has 0 spiro atoms. The van der Waals surface area contributed by atoms with Crippen LogP contribution in [-0.4, -0.2) is 12.8 Å². The van der Waals surface area contributed by atoms with Gasteiger partial charge >= 0.3 is 0 Å². The van der Waals surface area contributed by atoms with Crippen LogP contribution in [0.2, 0.25) is 13.0 Å². The van der Waals surface area contributed by atoms with Crippen molar-refractivity contribution in [2.75, 3.05) is 0 Å². The maximum Gasteiger partial charge on any atom is 0.247 e. The van der Waals surface area contributed by atoms with Crippen molar-refractivity contribution in [2.24, 2.45) is 0 Å². The molecule has 5 rings (SSSR count). The third kappa shape index (κ3) is 2.31. The number of para-hydroxylation sites is 1. The van der Waals surface area contributed by atoms with Crippen molar-refractivity contribution in [3.63, 3.8) is 0 Å². The second-order valence-electron chi connectivity index (χ2n) is 10.6. The zero-order valence-electron chi connectivity index (χ0n) is 25.9. The molecule has 0 bridgehead atoms. The van der Waals surface area contributed by atoms with Gasteiger partial charge in [0.1, 0.15) is 8.07 Å². The van der Waals surface area contributed by atoms with Gasteiger partial charge < -0.3 is 0 Å². The number of pyridine rings is 1. The molecule has 0 amide bonds. The van der Waals surface area contributed by atoms with Gasteiger partial charge in [-0.3, -0.25) is 0 Å². The second kappa shape index (κ2) is 6.22. The van der Waals surface area contributed by atoms with Crippen molar-refractivity contribution in [1.82, 2.24) is 4.68 Å². The van der Waals surface area contributed by atoms with E-state index in [4.69, 9.17) is 8.22 Å². The first-order chi connectivity index (χ1) is 16.9. The minimum Gasteiger partial charge on any atom is -0.149 e. The van der Waals surface area contributed by atoms with E-state index in [0.29, 0.717) is 5.56 Å². The Bertz CT molecular complexity index is 1610. The SMILES string of the molecule is [2H]C([2H])([2H])c1ccc2c3c1c1cccc(C(C)C)c1[n+]1c3c(c(C)n1C(C)C)[Si](C)(C([2H])([2H])[2H])C2(C)C. The first-order valence-corrected chi connectivity index (χ1v) is 13.9. The molecule has 3 heterocycles. The van der Waals surface area contributed by atoms with Crippen LogP contribution in [0.15, 0.2) is 30.3 Å². The molecule has 0 aliphatic carbocycles. The van der Waals surface area contributed by atoms with Gasteiger partial charge in [0.25, 0.3) is 0 Å². The predicted octanol–water partition coefficient (Wildman–Crippen LogP) is 6.60. The van der Waals surface area contributed by atoms with E-state index in [1.165, 1.54) is 0 Å². The minimum absolute atomic E-state index is 0.0763. The predicted molar refractivity (Wildman–Crippen MR) is 137 cm³/mol. The Hall–Kier alpha value is -2.13. The summed E-state index contributed by atoms with van der Waals surface area (Å²) in [7, 11) is -3.24. The first-order valence-electron chi connectivity index (χ1n) is 14.4. The molecular formula is C28H37N2Si+. The van der Waals surface area contributed by atoms with E-state index in [2.05, 4.69) is 63.7 Å². The topological polar surface area (TPSA) is 9.03 Å². The van der Waals surface area contributed by atoms with Crippen LogP contribution in [0.1, 0.15) is 84.1 Å². The fourth-order valence-electron chi connectivity index (χ4n) is 6.01. The van der Waals surface area contributed by atoms with Gasteiger partial charge in [0.15, 0.2) is 0 Å². The molecule has 31 heavy (non-hydrogen) atoms. The number of aryl methyl sites for hydroxylation is 1. The summed E-state index contributed by atoms with van der Waals surface area (Å²) in [4.78, 5) is 0. The number of benzene rings is 2. The molecule has 2 nitrogen and oxygen atoms in total. The average molecular weight is 436 g/mol. The third-order valence-electron chi connectivity index (χ3n) is 7.89. The van der Waals surface area contributed by atoms with Crippen molar-refractivity contribution < 1.29 is 12.7 Å². The minimum atomic E-state index is -3.24. The normalized spacial score (nSPS) is 23.9. The maximum atomic E-state index is 8.89. The van der Waals surface area contributed by atoms with E-state index in [-0.39, 0.29) is 12.0 Å². The summed E-state index contributed by atoms with van der Waals surface area (Å²) in [5.41, 5.74) is 5.25. The molecule has 1 atom stereocenters. The molecule has 3 heteroatoms. The number of hydrogen-bond donors (Lipinski definition) is 0. The van der Waals surface area contributed by atoms with Gasteiger partial charge in [-0.15, -0.1) is 4.68 Å². The van der Waals surface area contributed by atoms with E-state index in [1.807, 2.05) is 24.7 Å². The molecule has 1 aliphatic heterocycles. The van der Waals surface area contributed by atoms with Crippen LogP contribution in [0.3, 0.4) is 0 Å². The Balaban J connectivity index is 2.30. The smallest absolute Gasteiger partial charge is 0.149 e. The molecule has 0 fully saturated rings. The lowest BCUT2D eigenvalue weighted by molar-refractivity contribution is -0.586. The summed E-state index contributed by atoms with van der Waals surface area (Å²) in [5, 5.41) is 2.84. The van der Waals surface area contributed by atoms with Crippen molar-refractivity contribution in [3.8, 4) is 0 Å². The molecule has 1 unspecified atom stereocenters. The van der Waals surface area contributed by atoms with Crippen molar-refractivity contribution in [1.29, 1.82) is 0 Å². The zero-order chi connectivity index (χ0) is 27.6. The third-order valence-corrected chi connectivity index (χ3v) is 12.3. The fraction of sp³-hybridized carbons (Fsp3) is 0.464. The molecular weight excluding hydrogens is 392 g/mol. The lowest BCUT2D eigenvalue weighted by Crippen LogP contribution is -2.60. The summed E-state index contributed by atoms with van der Waals surface area (Å²) in [5.74, 6) is 0.195. The van der Waals surface area contributed by atoms with E-state index in [9.17, 15) is 0 Å². The van der Waals surface area contributed by atoms with Gasteiger partial charge in [-0.2, -0.15) is 0 Å². The van der Waals surface area contributed by atoms with Crippen LogP contribution in [0, 0.1) is 13.8 Å². The Labute approximate surface area is 196 Å². The summed E-state index contributed by atoms with van der Waals surface area (Å²) >= 11 is 0. The van der Waals surface area contributed by atoms with E-state index >= 15 is 0 Å². The fourth-order valence-corrected chi connectivity index (χ4v) is 8.93. The standard InChI is InChI=1S/C28H37N2Si/c1-16(2)20-12-11-13-21-23-18(5)14-15-22-24(23)26-27(31(9,10)28(22,7)8)19(6)29(17(3)4)30(26)25(20)21/h11-17H,1-10H3/q+1/i5D3,9D3. The number of aromatic nitrogens is 2. The monoisotopic (exact) mass is 435 g/mol. The van der Waals surface area contributed by atoms with Crippen LogP contribution in [0.25, 0.3) is 27.2 Å². The lowest BCUT2D eigenvalue weighted by atomic mass is 9.88. The van der Waals surface area contributed by atoms with E-state index in [1.54, 1.807) is 6.07 Å². The molecule has 0 N–H and O–H groups in total. The molecule has 0 saturated heterocycles. The molecule has 0 radical (unpaired) electrons. The molecule has 2 aromatic carbocycles. The Kier molecular flexibility index (Phi) is 2.98. The van der Waals surface area contributed by atoms with Crippen molar-refractivity contribution in [3.05, 3.63) is 52.7 Å². The van der Waals surface area contributed by atoms with Crippen molar-refractivity contribution in [2.45, 2.75) is 85.3 Å². The van der Waals surface area contributed by atoms with Crippen LogP contribution in [0.4, 0.5) is 0 Å². The molecule has 2 aromatic heterocycles. The number of hydrogen-bond acceptors (Lipinski definition) is 0. The van der Waals surface area contributed by atoms with Gasteiger partial charge in [-0.1, -0.05) is 69.5 Å². The van der Waals surface area contributed by atoms with Gasteiger partial charge in [-0.05, 0) is 55.8 Å². The van der Waals surface area contributed by atoms with Crippen LogP contribution in [0.5, 0.6) is 0 Å². The van der Waals surface area contributed by atoms with Crippen molar-refractivity contribution >= 4 is 40.5 Å². The van der Waals surface area contributed by atoms with Crippen LogP contribution < -0.4 is 9.70 Å².